The molecular formula is C42H50N6O4. The molecule has 1 fully saturated rings. The molecule has 10 nitrogen and oxygen atoms in total. The smallest absolute Gasteiger partial charge is 0.359 e. The number of rotatable bonds is 13. The molecule has 3 N–H and O–H groups in total. The molecular weight excluding hydrogens is 652 g/mol. The molecule has 272 valence electrons. The van der Waals surface area contributed by atoms with Crippen molar-refractivity contribution in [1.82, 2.24) is 30.1 Å². The van der Waals surface area contributed by atoms with Crippen molar-refractivity contribution in [1.29, 1.82) is 0 Å². The molecule has 10 heteroatoms. The number of hydrogen-bond donors (Lipinski definition) is 3. The minimum absolute atomic E-state index is 0.114. The summed E-state index contributed by atoms with van der Waals surface area (Å²) >= 11 is 0. The molecule has 0 spiro atoms. The number of aromatic nitrogens is 3. The predicted octanol–water partition coefficient (Wildman–Crippen LogP) is 7.48. The summed E-state index contributed by atoms with van der Waals surface area (Å²) in [6.07, 6.45) is 6.95. The Morgan fingerprint density at radius 1 is 0.846 bits per heavy atom. The number of nitrogens with one attached hydrogen (secondary N) is 3. The van der Waals surface area contributed by atoms with E-state index in [1.54, 1.807) is 0 Å². The van der Waals surface area contributed by atoms with Gasteiger partial charge < -0.3 is 29.8 Å². The Morgan fingerprint density at radius 3 is 2.19 bits per heavy atom. The number of nitrogens with zero attached hydrogens (tertiary/aromatic N) is 3. The summed E-state index contributed by atoms with van der Waals surface area (Å²) < 4.78 is 7.77. The number of urea groups is 1. The molecule has 52 heavy (non-hydrogen) atoms. The molecule has 6 rings (SSSR count). The Kier molecular flexibility index (Phi) is 12.1. The molecule has 2 aromatic heterocycles. The molecule has 0 unspecified atom stereocenters. The second-order valence-electron chi connectivity index (χ2n) is 14.2. The van der Waals surface area contributed by atoms with E-state index in [2.05, 4.69) is 21.7 Å². The molecule has 0 radical (unpaired) electrons. The van der Waals surface area contributed by atoms with Gasteiger partial charge in [0.2, 0.25) is 5.91 Å². The number of carbonyl (C=O) groups excluding carboxylic acids is 3. The fraction of sp³-hybridized carbons (Fsp3) is 0.381. The molecule has 5 aromatic rings. The number of para-hydroxylation sites is 1. The third kappa shape index (κ3) is 9.09. The molecule has 2 atom stereocenters. The van der Waals surface area contributed by atoms with E-state index in [0.29, 0.717) is 44.0 Å². The molecule has 0 saturated carbocycles. The summed E-state index contributed by atoms with van der Waals surface area (Å²) in [6, 6.07) is 26.0. The van der Waals surface area contributed by atoms with Gasteiger partial charge in [0.15, 0.2) is 5.69 Å². The maximum absolute atomic E-state index is 14.4. The largest absolute Gasteiger partial charge is 0.456 e. The first-order chi connectivity index (χ1) is 25.3. The third-order valence-corrected chi connectivity index (χ3v) is 9.78. The van der Waals surface area contributed by atoms with E-state index in [-0.39, 0.29) is 30.2 Å². The summed E-state index contributed by atoms with van der Waals surface area (Å²) in [7, 11) is 0. The van der Waals surface area contributed by atoms with E-state index < -0.39 is 18.1 Å². The standard InChI is InChI=1S/C42H50N6O4/c1-29(2)24-37(45-42(51)47-22-14-4-5-15-23-47)40(49)44-36(25-33-26-43-35-21-13-12-20-34(33)35)39-46-38(41(50)52-28-32-18-10-7-11-19-32)30(3)48(39)27-31-16-8-6-9-17-31/h6-13,16-21,26,29,36-37,43H,4-5,14-15,22-25,27-28H2,1-3H3,(H,44,49)(H,45,51)/t36-,37+/m1/s1. The number of carbonyl (C=O) groups is 3. The highest BCUT2D eigenvalue weighted by Gasteiger charge is 2.32. The lowest BCUT2D eigenvalue weighted by atomic mass is 10.0. The molecule has 0 bridgehead atoms. The van der Waals surface area contributed by atoms with Crippen LogP contribution in [0.3, 0.4) is 0 Å². The van der Waals surface area contributed by atoms with Gasteiger partial charge in [-0.15, -0.1) is 0 Å². The Bertz CT molecular complexity index is 1940. The summed E-state index contributed by atoms with van der Waals surface area (Å²) in [5, 5.41) is 7.42. The van der Waals surface area contributed by atoms with E-state index in [9.17, 15) is 14.4 Å². The van der Waals surface area contributed by atoms with Crippen LogP contribution >= 0.6 is 0 Å². The summed E-state index contributed by atoms with van der Waals surface area (Å²) in [5.41, 5.74) is 4.72. The minimum Gasteiger partial charge on any atom is -0.456 e. The van der Waals surface area contributed by atoms with Crippen LogP contribution in [0.1, 0.15) is 90.7 Å². The minimum atomic E-state index is -0.754. The van der Waals surface area contributed by atoms with Crippen molar-refractivity contribution in [3.05, 3.63) is 125 Å². The molecule has 1 aliphatic heterocycles. The number of benzene rings is 3. The number of aromatic amines is 1. The van der Waals surface area contributed by atoms with Crippen molar-refractivity contribution in [3.63, 3.8) is 0 Å². The molecule has 3 aromatic carbocycles. The molecule has 3 heterocycles. The van der Waals surface area contributed by atoms with Gasteiger partial charge in [0, 0.05) is 48.8 Å². The highest BCUT2D eigenvalue weighted by molar-refractivity contribution is 5.89. The van der Waals surface area contributed by atoms with Crippen molar-refractivity contribution in [3.8, 4) is 0 Å². The highest BCUT2D eigenvalue weighted by Crippen LogP contribution is 2.28. The van der Waals surface area contributed by atoms with Crippen LogP contribution in [-0.2, 0) is 29.1 Å². The maximum atomic E-state index is 14.4. The Balaban J connectivity index is 1.36. The Morgan fingerprint density at radius 2 is 1.50 bits per heavy atom. The fourth-order valence-electron chi connectivity index (χ4n) is 6.99. The molecule has 0 aliphatic carbocycles. The number of amides is 3. The molecule has 1 saturated heterocycles. The first kappa shape index (κ1) is 36.4. The van der Waals surface area contributed by atoms with Gasteiger partial charge >= 0.3 is 12.0 Å². The van der Waals surface area contributed by atoms with Gasteiger partial charge in [-0.2, -0.15) is 0 Å². The second-order valence-corrected chi connectivity index (χ2v) is 14.2. The van der Waals surface area contributed by atoms with Gasteiger partial charge in [0.25, 0.3) is 0 Å². The zero-order valence-electron chi connectivity index (χ0n) is 30.4. The van der Waals surface area contributed by atoms with Crippen molar-refractivity contribution in [2.75, 3.05) is 13.1 Å². The van der Waals surface area contributed by atoms with E-state index in [1.807, 2.05) is 115 Å². The summed E-state index contributed by atoms with van der Waals surface area (Å²) in [6.45, 7) is 7.88. The first-order valence-corrected chi connectivity index (χ1v) is 18.5. The van der Waals surface area contributed by atoms with E-state index >= 15 is 0 Å². The van der Waals surface area contributed by atoms with Gasteiger partial charge in [-0.1, -0.05) is 106 Å². The van der Waals surface area contributed by atoms with Gasteiger partial charge in [0.1, 0.15) is 18.5 Å². The average molecular weight is 703 g/mol. The SMILES string of the molecule is Cc1c(C(=O)OCc2ccccc2)nc([C@@H](Cc2c[nH]c3ccccc23)NC(=O)[C@H](CC(C)C)NC(=O)N2CCCCCC2)n1Cc1ccccc1. The zero-order chi connectivity index (χ0) is 36.5. The molecule has 3 amide bonds. The van der Waals surface area contributed by atoms with Crippen LogP contribution in [0.15, 0.2) is 91.1 Å². The fourth-order valence-corrected chi connectivity index (χ4v) is 6.99. The molecule has 1 aliphatic rings. The third-order valence-electron chi connectivity index (χ3n) is 9.78. The zero-order valence-corrected chi connectivity index (χ0v) is 30.4. The van der Waals surface area contributed by atoms with E-state index in [4.69, 9.17) is 9.72 Å². The average Bonchev–Trinajstić information content (AvgIpc) is 3.57. The van der Waals surface area contributed by atoms with Crippen molar-refractivity contribution < 1.29 is 19.1 Å². The monoisotopic (exact) mass is 702 g/mol. The van der Waals surface area contributed by atoms with E-state index in [1.165, 1.54) is 0 Å². The van der Waals surface area contributed by atoms with Crippen molar-refractivity contribution >= 4 is 28.8 Å². The van der Waals surface area contributed by atoms with Crippen LogP contribution in [0.2, 0.25) is 0 Å². The normalized spacial score (nSPS) is 14.5. The maximum Gasteiger partial charge on any atom is 0.359 e. The topological polar surface area (TPSA) is 121 Å². The summed E-state index contributed by atoms with van der Waals surface area (Å²) in [4.78, 5) is 51.8. The van der Waals surface area contributed by atoms with Crippen LogP contribution in [0, 0.1) is 12.8 Å². The summed E-state index contributed by atoms with van der Waals surface area (Å²) in [5.74, 6) is -0.134. The van der Waals surface area contributed by atoms with E-state index in [0.717, 1.165) is 53.3 Å². The van der Waals surface area contributed by atoms with Gasteiger partial charge in [-0.25, -0.2) is 14.6 Å². The quantitative estimate of drug-likeness (QED) is 0.110. The van der Waals surface area contributed by atoms with Crippen LogP contribution in [0.4, 0.5) is 4.79 Å². The lowest BCUT2D eigenvalue weighted by Gasteiger charge is -2.28. The van der Waals surface area contributed by atoms with Crippen LogP contribution in [-0.4, -0.2) is 56.5 Å². The first-order valence-electron chi connectivity index (χ1n) is 18.5. The highest BCUT2D eigenvalue weighted by atomic mass is 16.5. The van der Waals surface area contributed by atoms with Gasteiger partial charge in [0.05, 0.1) is 6.04 Å². The number of ether oxygens (including phenoxy) is 1. The van der Waals surface area contributed by atoms with Crippen molar-refractivity contribution in [2.24, 2.45) is 5.92 Å². The van der Waals surface area contributed by atoms with Crippen LogP contribution < -0.4 is 10.6 Å². The lowest BCUT2D eigenvalue weighted by molar-refractivity contribution is -0.124. The van der Waals surface area contributed by atoms with Crippen molar-refractivity contribution in [2.45, 2.75) is 84.5 Å². The number of H-pyrrole nitrogens is 1. The Hall–Kier alpha value is -5.38. The number of imidazole rings is 1. The van der Waals surface area contributed by atoms with Gasteiger partial charge in [-0.3, -0.25) is 4.79 Å². The van der Waals surface area contributed by atoms with Gasteiger partial charge in [-0.05, 0) is 54.9 Å². The number of fused-ring (bicyclic) bond motifs is 1. The van der Waals surface area contributed by atoms with Crippen LogP contribution in [0.25, 0.3) is 10.9 Å². The second kappa shape index (κ2) is 17.2. The predicted molar refractivity (Wildman–Crippen MR) is 203 cm³/mol. The Labute approximate surface area is 306 Å². The number of esters is 1. The number of likely N-dealkylation sites (tertiary alicyclic amines) is 1. The number of hydrogen-bond acceptors (Lipinski definition) is 5. The lowest BCUT2D eigenvalue weighted by Crippen LogP contribution is -2.52. The van der Waals surface area contributed by atoms with Crippen LogP contribution in [0.5, 0.6) is 0 Å².